The molecule has 118 heavy (non-hydrogen) atoms. The predicted molar refractivity (Wildman–Crippen MR) is 464 cm³/mol. The number of anilines is 4. The number of aryl methyl sites for hydroxylation is 5. The summed E-state index contributed by atoms with van der Waals surface area (Å²) in [5.74, 6) is 3.90. The van der Waals surface area contributed by atoms with Gasteiger partial charge < -0.3 is 56.3 Å². The lowest BCUT2D eigenvalue weighted by Gasteiger charge is -2.43. The van der Waals surface area contributed by atoms with Crippen LogP contribution < -0.4 is 22.9 Å². The molecule has 3 aliphatic carbocycles. The lowest BCUT2D eigenvalue weighted by Crippen LogP contribution is -2.51. The highest BCUT2D eigenvalue weighted by Crippen LogP contribution is 2.47. The summed E-state index contributed by atoms with van der Waals surface area (Å²) in [5.41, 5.74) is 39.7. The summed E-state index contributed by atoms with van der Waals surface area (Å²) in [7, 11) is -12.1. The van der Waals surface area contributed by atoms with E-state index < -0.39 is 45.5 Å². The van der Waals surface area contributed by atoms with Crippen molar-refractivity contribution in [2.45, 2.75) is 114 Å². The van der Waals surface area contributed by atoms with E-state index in [1.54, 1.807) is 6.33 Å². The fraction of sp³-hybridized carbons (Fsp3) is 0.435. The molecule has 4 aromatic carbocycles. The maximum atomic E-state index is 13.1. The molecule has 17 rings (SSSR count). The maximum Gasteiger partial charge on any atom is 0.147 e. The lowest BCUT2D eigenvalue weighted by molar-refractivity contribution is 0.0282. The molecule has 2 saturated heterocycles. The predicted octanol–water partition coefficient (Wildman–Crippen LogP) is 10.0. The summed E-state index contributed by atoms with van der Waals surface area (Å²) >= 11 is 0. The number of aliphatic hydroxyl groups excluding tert-OH is 2. The number of halogens is 1. The fourth-order valence-corrected chi connectivity index (χ4v) is 19.4. The van der Waals surface area contributed by atoms with Crippen molar-refractivity contribution in [3.63, 3.8) is 0 Å². The van der Waals surface area contributed by atoms with E-state index in [4.69, 9.17) is 28.0 Å². The highest BCUT2D eigenvalue weighted by atomic mass is 32.2. The van der Waals surface area contributed by atoms with Crippen LogP contribution in [0.3, 0.4) is 0 Å². The van der Waals surface area contributed by atoms with E-state index in [2.05, 4.69) is 88.0 Å². The second-order valence-electron chi connectivity index (χ2n) is 32.8. The molecule has 3 saturated carbocycles. The molecule has 0 amide bonds. The van der Waals surface area contributed by atoms with Crippen molar-refractivity contribution < 1.29 is 48.3 Å². The van der Waals surface area contributed by atoms with Gasteiger partial charge >= 0.3 is 0 Å². The van der Waals surface area contributed by atoms with Crippen LogP contribution in [0, 0.1) is 17.8 Å². The number of alkyl halides is 1. The van der Waals surface area contributed by atoms with Gasteiger partial charge in [-0.15, -0.1) is 0 Å². The van der Waals surface area contributed by atoms with Crippen LogP contribution in [0.25, 0.3) is 88.6 Å². The lowest BCUT2D eigenvalue weighted by atomic mass is 9.79. The van der Waals surface area contributed by atoms with Crippen molar-refractivity contribution in [2.75, 3.05) is 123 Å². The number of aliphatic hydroxyl groups is 2. The molecular weight excluding hydrogens is 1580 g/mol. The molecule has 5 fully saturated rings. The molecule has 0 unspecified atom stereocenters. The highest BCUT2D eigenvalue weighted by molar-refractivity contribution is 7.91. The van der Waals surface area contributed by atoms with Crippen LogP contribution in [0.1, 0.15) is 98.2 Å². The minimum atomic E-state index is -3.03. The van der Waals surface area contributed by atoms with E-state index in [9.17, 15) is 43.2 Å². The van der Waals surface area contributed by atoms with Gasteiger partial charge in [0.05, 0.1) is 44.6 Å². The zero-order valence-electron chi connectivity index (χ0n) is 67.0. The van der Waals surface area contributed by atoms with Crippen molar-refractivity contribution in [3.05, 3.63) is 169 Å². The van der Waals surface area contributed by atoms with Gasteiger partial charge in [-0.1, -0.05) is 97.1 Å². The molecule has 12 aromatic rings. The Morgan fingerprint density at radius 3 is 1.03 bits per heavy atom. The third-order valence-corrected chi connectivity index (χ3v) is 27.2. The Morgan fingerprint density at radius 2 is 0.712 bits per heavy atom. The molecule has 0 bridgehead atoms. The van der Waals surface area contributed by atoms with E-state index in [0.29, 0.717) is 98.9 Å². The number of hydrogen-bond donors (Lipinski definition) is 6. The van der Waals surface area contributed by atoms with Gasteiger partial charge in [0, 0.05) is 136 Å². The summed E-state index contributed by atoms with van der Waals surface area (Å²) in [6.45, 7) is 6.73. The number of benzene rings is 4. The Morgan fingerprint density at radius 1 is 0.407 bits per heavy atom. The largest absolute Gasteiger partial charge is 0.396 e. The van der Waals surface area contributed by atoms with Crippen LogP contribution in [-0.4, -0.2) is 219 Å². The van der Waals surface area contributed by atoms with Gasteiger partial charge in [0.1, 0.15) is 117 Å². The maximum absolute atomic E-state index is 13.1. The number of rotatable bonds is 27. The van der Waals surface area contributed by atoms with Crippen LogP contribution >= 0.6 is 0 Å². The first-order valence-corrected chi connectivity index (χ1v) is 48.4. The van der Waals surface area contributed by atoms with E-state index >= 15 is 0 Å². The van der Waals surface area contributed by atoms with E-state index in [1.807, 2.05) is 102 Å². The molecule has 28 nitrogen and oxygen atoms in total. The summed E-state index contributed by atoms with van der Waals surface area (Å²) < 4.78 is 114. The van der Waals surface area contributed by atoms with Crippen molar-refractivity contribution in [1.29, 1.82) is 0 Å². The normalized spacial score (nSPS) is 19.2. The minimum Gasteiger partial charge on any atom is -0.396 e. The number of nitrogens with zero attached hydrogens (tertiary/aromatic N) is 14. The average molecular weight is 1690 g/mol. The molecule has 33 heteroatoms. The zero-order chi connectivity index (χ0) is 83.4. The number of sulfone groups is 4. The molecule has 0 atom stereocenters. The fourth-order valence-electron chi connectivity index (χ4n) is 17.0. The second-order valence-corrected chi connectivity index (χ2v) is 41.8. The van der Waals surface area contributed by atoms with Crippen LogP contribution in [0.5, 0.6) is 0 Å². The van der Waals surface area contributed by atoms with E-state index in [0.717, 1.165) is 162 Å². The van der Waals surface area contributed by atoms with Gasteiger partial charge in [-0.2, -0.15) is 0 Å². The van der Waals surface area contributed by atoms with Crippen molar-refractivity contribution in [3.8, 4) is 44.5 Å². The number of nitrogen functional groups attached to an aromatic ring is 4. The monoisotopic (exact) mass is 1680 g/mol. The second kappa shape index (κ2) is 36.0. The van der Waals surface area contributed by atoms with Crippen molar-refractivity contribution in [1.82, 2.24) is 67.9 Å². The third kappa shape index (κ3) is 20.5. The summed E-state index contributed by atoms with van der Waals surface area (Å²) in [6.07, 6.45) is 30.0. The Labute approximate surface area is 688 Å². The Hall–Kier alpha value is -9.87. The molecule has 2 aliphatic heterocycles. The highest BCUT2D eigenvalue weighted by Gasteiger charge is 2.38. The van der Waals surface area contributed by atoms with E-state index in [1.165, 1.54) is 76.5 Å². The van der Waals surface area contributed by atoms with Gasteiger partial charge in [-0.3, -0.25) is 4.90 Å². The first-order chi connectivity index (χ1) is 56.4. The standard InChI is InChI=1S/C24H31N5O2S.C23H28FN5O2S.C20H24N4O3S.C18H22N4O3S/c1-32(30,31)10-7-17-5-4-6-19(11-17)21-15-29(24-22(21)23(25)26-16-27-24)20-12-18(13-20)14-28-8-2-3-9-28;1-32(30,31)6-5-15-3-2-4-17(7-15)20-13-29(23-21(20)22(25)26-14-27-23)19-8-16(9-19)10-28-11-18(24)12-28;1-28(26,27)6-5-13-3-2-4-15(7-13)17-10-24(16-8-14(9-16)11-25)20-18(17)19(21)22-12-23-20;1-26(24,25)9-6-13-4-2-5-14(10-13)15-11-22(7-3-8-23)18-16(15)17(19)20-12-21-18/h4-6,11,15-16,18,20H,2-3,7-10,12-14H2,1H3,(H2,25,26,27);2-4,7,13-14,16,18-19H,5-6,8-12H2,1H3,(H2,25,26,27);2-4,7,10,12,14,16,25H,5-6,8-9,11H2,1H3,(H2,21,22,23);2,4-5,10-12,23H,3,6-9H2,1H3,(H2,19,20,21). The van der Waals surface area contributed by atoms with Crippen molar-refractivity contribution >= 4 is 107 Å². The first-order valence-electron chi connectivity index (χ1n) is 40.2. The third-order valence-electron chi connectivity index (χ3n) is 23.4. The van der Waals surface area contributed by atoms with Crippen LogP contribution in [0.15, 0.2) is 147 Å². The Bertz CT molecular complexity index is 6090. The summed E-state index contributed by atoms with van der Waals surface area (Å²) in [6, 6.07) is 32.7. The van der Waals surface area contributed by atoms with Crippen LogP contribution in [0.4, 0.5) is 27.7 Å². The SMILES string of the molecule is CS(=O)(=O)CCc1cccc(-c2cn(C3CC(CN4CC(F)C4)C3)c3ncnc(N)c23)c1.CS(=O)(=O)CCc1cccc(-c2cn(C3CC(CN4CCCC4)C3)c3ncnc(N)c23)c1.CS(=O)(=O)CCc1cccc(-c2cn(C3CC(CO)C3)c3ncnc(N)c23)c1.CS(=O)(=O)CCc1cccc(-c2cn(CCCO)c3ncnc(N)c23)c1. The minimum absolute atomic E-state index is 0.0938. The molecule has 5 aliphatic rings. The molecule has 0 spiro atoms. The average Bonchev–Trinajstić information content (AvgIpc) is 1.57. The number of likely N-dealkylation sites (tertiary alicyclic amines) is 2. The molecule has 8 aromatic heterocycles. The molecule has 10 heterocycles. The number of aromatic nitrogens is 12. The Kier molecular flexibility index (Phi) is 25.8. The number of fused-ring (bicyclic) bond motifs is 4. The zero-order valence-corrected chi connectivity index (χ0v) is 70.3. The quantitative estimate of drug-likeness (QED) is 0.0279. The number of nitrogens with two attached hydrogens (primary N) is 4. The molecule has 0 radical (unpaired) electrons. The topological polar surface area (TPSA) is 410 Å². The van der Waals surface area contributed by atoms with E-state index in [-0.39, 0.29) is 42.3 Å². The smallest absolute Gasteiger partial charge is 0.147 e. The molecule has 10 N–H and O–H groups in total. The first kappa shape index (κ1) is 84.6. The van der Waals surface area contributed by atoms with Gasteiger partial charge in [0.25, 0.3) is 0 Å². The molecule has 626 valence electrons. The summed E-state index contributed by atoms with van der Waals surface area (Å²) in [4.78, 5) is 39.5. The van der Waals surface area contributed by atoms with Gasteiger partial charge in [0.2, 0.25) is 0 Å². The Balaban J connectivity index is 0.000000130. The van der Waals surface area contributed by atoms with Crippen LogP contribution in [0.2, 0.25) is 0 Å². The van der Waals surface area contributed by atoms with Gasteiger partial charge in [-0.05, 0) is 159 Å². The molecular formula is C85H105FN18O10S4. The van der Waals surface area contributed by atoms with Gasteiger partial charge in [0.15, 0.2) is 0 Å². The van der Waals surface area contributed by atoms with Gasteiger partial charge in [-0.25, -0.2) is 77.9 Å². The van der Waals surface area contributed by atoms with Crippen LogP contribution in [-0.2, 0) is 71.6 Å². The summed E-state index contributed by atoms with van der Waals surface area (Å²) in [5, 5.41) is 21.8. The van der Waals surface area contributed by atoms with Crippen molar-refractivity contribution in [2.24, 2.45) is 17.8 Å². The number of hydrogen-bond acceptors (Lipinski definition) is 24.